The first-order valence-electron chi connectivity index (χ1n) is 4.01. The zero-order valence-corrected chi connectivity index (χ0v) is 7.46. The van der Waals surface area contributed by atoms with Gasteiger partial charge in [0, 0.05) is 5.56 Å². The molecule has 5 nitrogen and oxygen atoms in total. The highest BCUT2D eigenvalue weighted by atomic mass is 19.1. The number of carbonyl (C=O) groups is 1. The highest BCUT2D eigenvalue weighted by Crippen LogP contribution is 2.26. The molecule has 1 aromatic carbocycles. The molecule has 0 amide bonds. The lowest BCUT2D eigenvalue weighted by atomic mass is 10.0. The molecule has 2 unspecified atom stereocenters. The molecule has 0 bridgehead atoms. The van der Waals surface area contributed by atoms with E-state index in [1.54, 1.807) is 0 Å². The number of hydrogen-bond acceptors (Lipinski definition) is 4. The van der Waals surface area contributed by atoms with Crippen LogP contribution in [-0.4, -0.2) is 32.5 Å². The van der Waals surface area contributed by atoms with Crippen LogP contribution in [0.3, 0.4) is 0 Å². The number of hydrogen-bond donors (Lipinski definition) is 4. The molecule has 4 N–H and O–H groups in total. The summed E-state index contributed by atoms with van der Waals surface area (Å²) in [6.07, 6.45) is -4.06. The normalized spacial score (nSPS) is 14.6. The van der Waals surface area contributed by atoms with Gasteiger partial charge in [-0.1, -0.05) is 12.1 Å². The number of rotatable bonds is 3. The second-order valence-electron chi connectivity index (χ2n) is 2.91. The van der Waals surface area contributed by atoms with Crippen molar-refractivity contribution in [3.8, 4) is 5.75 Å². The van der Waals surface area contributed by atoms with Gasteiger partial charge in [-0.3, -0.25) is 0 Å². The van der Waals surface area contributed by atoms with Crippen molar-refractivity contribution in [2.45, 2.75) is 12.2 Å². The van der Waals surface area contributed by atoms with Gasteiger partial charge < -0.3 is 20.4 Å². The summed E-state index contributed by atoms with van der Waals surface area (Å²) in [6.45, 7) is 0. The lowest BCUT2D eigenvalue weighted by Gasteiger charge is -2.15. The monoisotopic (exact) mass is 216 g/mol. The minimum atomic E-state index is -2.14. The fourth-order valence-corrected chi connectivity index (χ4v) is 1.07. The molecule has 6 heteroatoms. The fourth-order valence-electron chi connectivity index (χ4n) is 1.07. The van der Waals surface area contributed by atoms with Crippen LogP contribution in [0.25, 0.3) is 0 Å². The van der Waals surface area contributed by atoms with Crippen LogP contribution < -0.4 is 0 Å². The number of aliphatic hydroxyl groups excluding tert-OH is 2. The van der Waals surface area contributed by atoms with E-state index in [1.807, 2.05) is 0 Å². The number of benzene rings is 1. The van der Waals surface area contributed by atoms with Crippen LogP contribution in [0, 0.1) is 5.82 Å². The van der Waals surface area contributed by atoms with E-state index in [1.165, 1.54) is 6.07 Å². The van der Waals surface area contributed by atoms with Crippen molar-refractivity contribution in [2.24, 2.45) is 0 Å². The molecule has 0 aliphatic heterocycles. The van der Waals surface area contributed by atoms with Crippen LogP contribution in [0.2, 0.25) is 0 Å². The van der Waals surface area contributed by atoms with E-state index < -0.39 is 35.3 Å². The van der Waals surface area contributed by atoms with E-state index in [0.29, 0.717) is 0 Å². The molecule has 82 valence electrons. The third-order valence-electron chi connectivity index (χ3n) is 1.88. The number of aliphatic carboxylic acids is 1. The molecule has 0 saturated carbocycles. The zero-order chi connectivity index (χ0) is 11.6. The predicted octanol–water partition coefficient (Wildman–Crippen LogP) is 0.0102. The van der Waals surface area contributed by atoms with Gasteiger partial charge in [-0.15, -0.1) is 0 Å². The van der Waals surface area contributed by atoms with Crippen molar-refractivity contribution in [3.63, 3.8) is 0 Å². The number of phenols is 1. The Labute approximate surface area is 84.0 Å². The molecule has 1 rings (SSSR count). The quantitative estimate of drug-likeness (QED) is 0.570. The molecular formula is C9H9FO5. The van der Waals surface area contributed by atoms with Gasteiger partial charge in [0.2, 0.25) is 0 Å². The summed E-state index contributed by atoms with van der Waals surface area (Å²) in [5, 5.41) is 35.6. The van der Waals surface area contributed by atoms with Crippen LogP contribution in [0.1, 0.15) is 11.7 Å². The molecule has 1 aromatic rings. The summed E-state index contributed by atoms with van der Waals surface area (Å²) < 4.78 is 13.2. The molecule has 0 saturated heterocycles. The SMILES string of the molecule is O=C(O)C(O)C(O)c1cccc(O)c1F. The van der Waals surface area contributed by atoms with E-state index in [2.05, 4.69) is 0 Å². The van der Waals surface area contributed by atoms with Crippen LogP contribution >= 0.6 is 0 Å². The van der Waals surface area contributed by atoms with Gasteiger partial charge in [0.1, 0.15) is 6.10 Å². The molecule has 0 aromatic heterocycles. The Morgan fingerprint density at radius 1 is 1.33 bits per heavy atom. The number of phenolic OH excluding ortho intramolecular Hbond substituents is 1. The molecule has 0 radical (unpaired) electrons. The second-order valence-corrected chi connectivity index (χ2v) is 2.91. The van der Waals surface area contributed by atoms with Crippen molar-refractivity contribution in [2.75, 3.05) is 0 Å². The highest BCUT2D eigenvalue weighted by molar-refractivity contribution is 5.73. The molecule has 0 heterocycles. The highest BCUT2D eigenvalue weighted by Gasteiger charge is 2.28. The fraction of sp³-hybridized carbons (Fsp3) is 0.222. The zero-order valence-electron chi connectivity index (χ0n) is 7.46. The Balaban J connectivity index is 3.06. The summed E-state index contributed by atoms with van der Waals surface area (Å²) in [7, 11) is 0. The number of carboxylic acids is 1. The van der Waals surface area contributed by atoms with Crippen LogP contribution in [0.4, 0.5) is 4.39 Å². The summed E-state index contributed by atoms with van der Waals surface area (Å²) in [5.41, 5.74) is -0.468. The van der Waals surface area contributed by atoms with Crippen molar-refractivity contribution in [1.29, 1.82) is 0 Å². The van der Waals surface area contributed by atoms with Crippen molar-refractivity contribution in [3.05, 3.63) is 29.6 Å². The van der Waals surface area contributed by atoms with Crippen LogP contribution in [-0.2, 0) is 4.79 Å². The average Bonchev–Trinajstić information content (AvgIpc) is 2.20. The number of halogens is 1. The van der Waals surface area contributed by atoms with E-state index in [9.17, 15) is 14.3 Å². The third-order valence-corrected chi connectivity index (χ3v) is 1.88. The van der Waals surface area contributed by atoms with Crippen LogP contribution in [0.15, 0.2) is 18.2 Å². The molecule has 15 heavy (non-hydrogen) atoms. The molecular weight excluding hydrogens is 207 g/mol. The van der Waals surface area contributed by atoms with Gasteiger partial charge in [-0.25, -0.2) is 9.18 Å². The van der Waals surface area contributed by atoms with Gasteiger partial charge in [-0.2, -0.15) is 0 Å². The lowest BCUT2D eigenvalue weighted by Crippen LogP contribution is -2.28. The number of aliphatic hydroxyl groups is 2. The number of carboxylic acid groups (broad SMARTS) is 1. The minimum absolute atomic E-state index is 0.468. The molecule has 0 fully saturated rings. The summed E-state index contributed by atoms with van der Waals surface area (Å²) in [4.78, 5) is 10.3. The predicted molar refractivity (Wildman–Crippen MR) is 46.7 cm³/mol. The number of aromatic hydroxyl groups is 1. The Kier molecular flexibility index (Phi) is 3.23. The average molecular weight is 216 g/mol. The Morgan fingerprint density at radius 2 is 1.93 bits per heavy atom. The second kappa shape index (κ2) is 4.24. The van der Waals surface area contributed by atoms with Crippen molar-refractivity contribution < 1.29 is 29.6 Å². The van der Waals surface area contributed by atoms with Gasteiger partial charge in [0.05, 0.1) is 0 Å². The smallest absolute Gasteiger partial charge is 0.335 e. The van der Waals surface area contributed by atoms with Gasteiger partial charge in [0.25, 0.3) is 0 Å². The van der Waals surface area contributed by atoms with E-state index in [-0.39, 0.29) is 0 Å². The van der Waals surface area contributed by atoms with Gasteiger partial charge in [0.15, 0.2) is 17.7 Å². The van der Waals surface area contributed by atoms with Gasteiger partial charge >= 0.3 is 5.97 Å². The molecule has 2 atom stereocenters. The largest absolute Gasteiger partial charge is 0.505 e. The van der Waals surface area contributed by atoms with Crippen molar-refractivity contribution in [1.82, 2.24) is 0 Å². The van der Waals surface area contributed by atoms with Crippen LogP contribution in [0.5, 0.6) is 5.75 Å². The minimum Gasteiger partial charge on any atom is -0.505 e. The lowest BCUT2D eigenvalue weighted by molar-refractivity contribution is -0.153. The Hall–Kier alpha value is -1.66. The Morgan fingerprint density at radius 3 is 2.47 bits per heavy atom. The summed E-state index contributed by atoms with van der Waals surface area (Å²) in [5.74, 6) is -3.54. The molecule has 0 aliphatic rings. The standard InChI is InChI=1S/C9H9FO5/c10-6-4(2-1-3-5(6)11)7(12)8(13)9(14)15/h1-3,7-8,11-13H,(H,14,15). The molecule has 0 aliphatic carbocycles. The first kappa shape index (κ1) is 11.4. The topological polar surface area (TPSA) is 98.0 Å². The first-order valence-corrected chi connectivity index (χ1v) is 4.01. The van der Waals surface area contributed by atoms with E-state index >= 15 is 0 Å². The summed E-state index contributed by atoms with van der Waals surface area (Å²) in [6, 6.07) is 3.34. The first-order chi connectivity index (χ1) is 6.95. The maximum absolute atomic E-state index is 13.2. The van der Waals surface area contributed by atoms with E-state index in [4.69, 9.17) is 15.3 Å². The third kappa shape index (κ3) is 2.23. The molecule has 0 spiro atoms. The van der Waals surface area contributed by atoms with Gasteiger partial charge in [-0.05, 0) is 6.07 Å². The van der Waals surface area contributed by atoms with Crippen molar-refractivity contribution >= 4 is 5.97 Å². The maximum atomic E-state index is 13.2. The summed E-state index contributed by atoms with van der Waals surface area (Å²) >= 11 is 0. The Bertz CT molecular complexity index is 379. The maximum Gasteiger partial charge on any atom is 0.335 e. The van der Waals surface area contributed by atoms with E-state index in [0.717, 1.165) is 12.1 Å².